The Labute approximate surface area is 165 Å². The summed E-state index contributed by atoms with van der Waals surface area (Å²) in [6, 6.07) is 3.85. The highest BCUT2D eigenvalue weighted by atomic mass is 16.5. The van der Waals surface area contributed by atoms with E-state index in [0.29, 0.717) is 43.1 Å². The minimum Gasteiger partial charge on any atom is -0.477 e. The fourth-order valence-corrected chi connectivity index (χ4v) is 3.40. The maximum absolute atomic E-state index is 12.9. The van der Waals surface area contributed by atoms with Gasteiger partial charge in [0, 0.05) is 45.2 Å². The van der Waals surface area contributed by atoms with Gasteiger partial charge in [0.1, 0.15) is 17.8 Å². The number of amides is 1. The molecule has 0 N–H and O–H groups in total. The number of aryl methyl sites for hydroxylation is 1. The molecule has 0 spiro atoms. The summed E-state index contributed by atoms with van der Waals surface area (Å²) < 4.78 is 7.43. The number of ether oxygens (including phenoxy) is 1. The standard InChI is InChI=1S/C20H28N6O2/c1-14(2)12-28-19-11-18(21-13-22-19)25-6-8-26(9-7-25)20(27)17-10-16(15-4-5-15)23-24(17)3/h10-11,13-15H,4-9,12H2,1-3H3. The van der Waals surface area contributed by atoms with E-state index in [4.69, 9.17) is 4.74 Å². The monoisotopic (exact) mass is 384 g/mol. The lowest BCUT2D eigenvalue weighted by Gasteiger charge is -2.35. The molecule has 2 fully saturated rings. The molecule has 8 heteroatoms. The second kappa shape index (κ2) is 7.77. The SMILES string of the molecule is CC(C)COc1cc(N2CCN(C(=O)c3cc(C4CC4)nn3C)CC2)ncn1. The van der Waals surface area contributed by atoms with E-state index >= 15 is 0 Å². The van der Waals surface area contributed by atoms with Gasteiger partial charge in [-0.2, -0.15) is 5.10 Å². The lowest BCUT2D eigenvalue weighted by atomic mass is 10.2. The van der Waals surface area contributed by atoms with E-state index in [1.807, 2.05) is 24.1 Å². The van der Waals surface area contributed by atoms with Crippen LogP contribution in [0.2, 0.25) is 0 Å². The largest absolute Gasteiger partial charge is 0.477 e. The molecular formula is C20H28N6O2. The third kappa shape index (κ3) is 4.10. The van der Waals surface area contributed by atoms with Crippen LogP contribution in [0.4, 0.5) is 5.82 Å². The van der Waals surface area contributed by atoms with Gasteiger partial charge in [0.25, 0.3) is 5.91 Å². The van der Waals surface area contributed by atoms with Gasteiger partial charge in [0.15, 0.2) is 0 Å². The molecule has 0 unspecified atom stereocenters. The van der Waals surface area contributed by atoms with Gasteiger partial charge in [-0.3, -0.25) is 9.48 Å². The second-order valence-electron chi connectivity index (χ2n) is 8.05. The van der Waals surface area contributed by atoms with Crippen molar-refractivity contribution in [2.75, 3.05) is 37.7 Å². The molecule has 0 atom stereocenters. The molecule has 8 nitrogen and oxygen atoms in total. The van der Waals surface area contributed by atoms with Crippen LogP contribution in [-0.2, 0) is 7.05 Å². The first-order valence-corrected chi connectivity index (χ1v) is 10.0. The number of aromatic nitrogens is 4. The van der Waals surface area contributed by atoms with Crippen LogP contribution in [0.15, 0.2) is 18.5 Å². The molecule has 0 radical (unpaired) electrons. The van der Waals surface area contributed by atoms with Crippen molar-refractivity contribution in [1.82, 2.24) is 24.6 Å². The van der Waals surface area contributed by atoms with Crippen molar-refractivity contribution in [3.8, 4) is 5.88 Å². The Morgan fingerprint density at radius 3 is 2.61 bits per heavy atom. The first-order chi connectivity index (χ1) is 13.5. The third-order valence-corrected chi connectivity index (χ3v) is 5.20. The average molecular weight is 384 g/mol. The number of carbonyl (C=O) groups is 1. The van der Waals surface area contributed by atoms with Crippen molar-refractivity contribution < 1.29 is 9.53 Å². The predicted octanol–water partition coefficient (Wildman–Crippen LogP) is 2.08. The maximum atomic E-state index is 12.9. The van der Waals surface area contributed by atoms with E-state index < -0.39 is 0 Å². The van der Waals surface area contributed by atoms with Gasteiger partial charge in [-0.15, -0.1) is 0 Å². The minimum absolute atomic E-state index is 0.0604. The number of carbonyl (C=O) groups excluding carboxylic acids is 1. The molecule has 1 saturated heterocycles. The Hall–Kier alpha value is -2.64. The zero-order valence-corrected chi connectivity index (χ0v) is 16.8. The lowest BCUT2D eigenvalue weighted by Crippen LogP contribution is -2.49. The fourth-order valence-electron chi connectivity index (χ4n) is 3.40. The second-order valence-corrected chi connectivity index (χ2v) is 8.05. The van der Waals surface area contributed by atoms with Crippen molar-refractivity contribution >= 4 is 11.7 Å². The van der Waals surface area contributed by atoms with Gasteiger partial charge in [-0.25, -0.2) is 9.97 Å². The van der Waals surface area contributed by atoms with Crippen LogP contribution in [0.1, 0.15) is 48.8 Å². The van der Waals surface area contributed by atoms with Crippen molar-refractivity contribution in [1.29, 1.82) is 0 Å². The van der Waals surface area contributed by atoms with Crippen molar-refractivity contribution in [3.05, 3.63) is 29.8 Å². The number of hydrogen-bond acceptors (Lipinski definition) is 6. The maximum Gasteiger partial charge on any atom is 0.272 e. The third-order valence-electron chi connectivity index (χ3n) is 5.20. The van der Waals surface area contributed by atoms with Crippen LogP contribution >= 0.6 is 0 Å². The molecule has 0 aromatic carbocycles. The zero-order chi connectivity index (χ0) is 19.7. The van der Waals surface area contributed by atoms with Crippen LogP contribution < -0.4 is 9.64 Å². The Morgan fingerprint density at radius 2 is 1.93 bits per heavy atom. The Morgan fingerprint density at radius 1 is 1.18 bits per heavy atom. The molecule has 1 aliphatic heterocycles. The summed E-state index contributed by atoms with van der Waals surface area (Å²) in [5, 5.41) is 4.52. The smallest absolute Gasteiger partial charge is 0.272 e. The highest BCUT2D eigenvalue weighted by Gasteiger charge is 2.30. The molecule has 2 aromatic rings. The van der Waals surface area contributed by atoms with Gasteiger partial charge >= 0.3 is 0 Å². The first kappa shape index (κ1) is 18.7. The first-order valence-electron chi connectivity index (χ1n) is 10.0. The van der Waals surface area contributed by atoms with Crippen molar-refractivity contribution in [2.45, 2.75) is 32.6 Å². The molecule has 1 amide bonds. The summed E-state index contributed by atoms with van der Waals surface area (Å²) in [6.07, 6.45) is 3.91. The Bertz CT molecular complexity index is 837. The van der Waals surface area contributed by atoms with Gasteiger partial charge in [0.2, 0.25) is 5.88 Å². The average Bonchev–Trinajstić information content (AvgIpc) is 3.48. The topological polar surface area (TPSA) is 76.4 Å². The van der Waals surface area contributed by atoms with E-state index in [1.165, 1.54) is 19.2 Å². The summed E-state index contributed by atoms with van der Waals surface area (Å²) in [6.45, 7) is 7.64. The molecule has 28 heavy (non-hydrogen) atoms. The molecule has 0 bridgehead atoms. The van der Waals surface area contributed by atoms with Gasteiger partial charge < -0.3 is 14.5 Å². The summed E-state index contributed by atoms with van der Waals surface area (Å²) in [5.74, 6) is 2.50. The van der Waals surface area contributed by atoms with Crippen LogP contribution in [0, 0.1) is 5.92 Å². The van der Waals surface area contributed by atoms with E-state index in [2.05, 4.69) is 33.8 Å². The minimum atomic E-state index is 0.0604. The van der Waals surface area contributed by atoms with Gasteiger partial charge in [0.05, 0.1) is 12.3 Å². The highest BCUT2D eigenvalue weighted by molar-refractivity contribution is 5.93. The molecule has 2 aliphatic rings. The number of nitrogens with zero attached hydrogens (tertiary/aromatic N) is 6. The predicted molar refractivity (Wildman–Crippen MR) is 106 cm³/mol. The van der Waals surface area contributed by atoms with Crippen molar-refractivity contribution in [2.24, 2.45) is 13.0 Å². The Balaban J connectivity index is 1.36. The number of piperazine rings is 1. The lowest BCUT2D eigenvalue weighted by molar-refractivity contribution is 0.0735. The van der Waals surface area contributed by atoms with Gasteiger partial charge in [-0.05, 0) is 24.8 Å². The molecule has 3 heterocycles. The Kier molecular flexibility index (Phi) is 5.19. The number of anilines is 1. The molecule has 1 saturated carbocycles. The number of rotatable bonds is 6. The van der Waals surface area contributed by atoms with E-state index in [1.54, 1.807) is 4.68 Å². The number of hydrogen-bond donors (Lipinski definition) is 0. The quantitative estimate of drug-likeness (QED) is 0.759. The summed E-state index contributed by atoms with van der Waals surface area (Å²) in [5.41, 5.74) is 1.74. The van der Waals surface area contributed by atoms with E-state index in [-0.39, 0.29) is 5.91 Å². The van der Waals surface area contributed by atoms with Crippen LogP contribution in [-0.4, -0.2) is 63.3 Å². The van der Waals surface area contributed by atoms with Crippen LogP contribution in [0.5, 0.6) is 5.88 Å². The zero-order valence-electron chi connectivity index (χ0n) is 16.8. The molecule has 4 rings (SSSR count). The van der Waals surface area contributed by atoms with Gasteiger partial charge in [-0.1, -0.05) is 13.8 Å². The highest BCUT2D eigenvalue weighted by Crippen LogP contribution is 2.39. The van der Waals surface area contributed by atoms with Crippen molar-refractivity contribution in [3.63, 3.8) is 0 Å². The van der Waals surface area contributed by atoms with E-state index in [9.17, 15) is 4.79 Å². The molecule has 2 aromatic heterocycles. The summed E-state index contributed by atoms with van der Waals surface area (Å²) >= 11 is 0. The fraction of sp³-hybridized carbons (Fsp3) is 0.600. The summed E-state index contributed by atoms with van der Waals surface area (Å²) in [4.78, 5) is 25.6. The van der Waals surface area contributed by atoms with Crippen LogP contribution in [0.3, 0.4) is 0 Å². The molecule has 1 aliphatic carbocycles. The summed E-state index contributed by atoms with van der Waals surface area (Å²) in [7, 11) is 1.86. The van der Waals surface area contributed by atoms with E-state index in [0.717, 1.165) is 24.6 Å². The molecular weight excluding hydrogens is 356 g/mol. The van der Waals surface area contributed by atoms with Crippen LogP contribution in [0.25, 0.3) is 0 Å². The molecule has 150 valence electrons. The normalized spacial score (nSPS) is 17.3.